The lowest BCUT2D eigenvalue weighted by Gasteiger charge is -2.11. The van der Waals surface area contributed by atoms with Crippen LogP contribution in [0.1, 0.15) is 32.1 Å². The van der Waals surface area contributed by atoms with Gasteiger partial charge in [-0.3, -0.25) is 4.79 Å². The fourth-order valence-corrected chi connectivity index (χ4v) is 3.09. The van der Waals surface area contributed by atoms with E-state index in [4.69, 9.17) is 0 Å². The number of carbonyl (C=O) groups is 1. The third kappa shape index (κ3) is 3.10. The zero-order valence-electron chi connectivity index (χ0n) is 8.82. The molecule has 1 nitrogen and oxygen atoms in total. The maximum absolute atomic E-state index is 11.8. The normalized spacial score (nSPS) is 22.4. The minimum atomic E-state index is 0.204. The van der Waals surface area contributed by atoms with Gasteiger partial charge in [-0.15, -0.1) is 11.8 Å². The van der Waals surface area contributed by atoms with Crippen LogP contribution >= 0.6 is 11.8 Å². The molecule has 0 aliphatic heterocycles. The standard InChI is InChI=1S/C13H16OS/c14-12-9-5-2-6-10-13(12)15-11-7-3-1-4-8-11/h1,3-4,7-8,13H,2,5-6,9-10H2/t13-/m1/s1. The summed E-state index contributed by atoms with van der Waals surface area (Å²) in [5.41, 5.74) is 0. The highest BCUT2D eigenvalue weighted by Gasteiger charge is 2.21. The largest absolute Gasteiger partial charge is 0.298 e. The first-order valence-corrected chi connectivity index (χ1v) is 6.48. The molecule has 1 aliphatic carbocycles. The summed E-state index contributed by atoms with van der Waals surface area (Å²) in [5.74, 6) is 0.446. The number of carbonyl (C=O) groups excluding carboxylic acids is 1. The molecule has 1 aromatic rings. The Morgan fingerprint density at radius 1 is 1.07 bits per heavy atom. The zero-order valence-corrected chi connectivity index (χ0v) is 9.63. The van der Waals surface area contributed by atoms with E-state index in [-0.39, 0.29) is 5.25 Å². The average molecular weight is 220 g/mol. The van der Waals surface area contributed by atoms with Gasteiger partial charge >= 0.3 is 0 Å². The van der Waals surface area contributed by atoms with Crippen molar-refractivity contribution in [3.05, 3.63) is 30.3 Å². The Balaban J connectivity index is 2.01. The molecule has 0 N–H and O–H groups in total. The quantitative estimate of drug-likeness (QED) is 0.707. The van der Waals surface area contributed by atoms with Crippen molar-refractivity contribution < 1.29 is 4.79 Å². The summed E-state index contributed by atoms with van der Waals surface area (Å²) in [6, 6.07) is 10.2. The molecular formula is C13H16OS. The molecule has 1 aliphatic rings. The fraction of sp³-hybridized carbons (Fsp3) is 0.462. The molecule has 0 heterocycles. The van der Waals surface area contributed by atoms with Crippen molar-refractivity contribution in [3.63, 3.8) is 0 Å². The SMILES string of the molecule is O=C1CCCCC[C@H]1Sc1ccccc1. The lowest BCUT2D eigenvalue weighted by molar-refractivity contribution is -0.118. The fourth-order valence-electron chi connectivity index (χ4n) is 1.92. The highest BCUT2D eigenvalue weighted by molar-refractivity contribution is 8.00. The van der Waals surface area contributed by atoms with E-state index in [0.29, 0.717) is 5.78 Å². The maximum Gasteiger partial charge on any atom is 0.146 e. The van der Waals surface area contributed by atoms with E-state index in [1.54, 1.807) is 11.8 Å². The molecule has 0 spiro atoms. The summed E-state index contributed by atoms with van der Waals surface area (Å²) in [5, 5.41) is 0.204. The second kappa shape index (κ2) is 5.36. The summed E-state index contributed by atoms with van der Waals surface area (Å²) in [6.07, 6.45) is 5.35. The van der Waals surface area contributed by atoms with Gasteiger partial charge in [0.15, 0.2) is 0 Å². The van der Waals surface area contributed by atoms with E-state index < -0.39 is 0 Å². The van der Waals surface area contributed by atoms with Crippen LogP contribution in [0.15, 0.2) is 35.2 Å². The van der Waals surface area contributed by atoms with Crippen LogP contribution in [-0.4, -0.2) is 11.0 Å². The van der Waals surface area contributed by atoms with Gasteiger partial charge < -0.3 is 0 Å². The van der Waals surface area contributed by atoms with Gasteiger partial charge in [-0.05, 0) is 25.0 Å². The number of hydrogen-bond donors (Lipinski definition) is 0. The lowest BCUT2D eigenvalue weighted by Crippen LogP contribution is -2.14. The molecular weight excluding hydrogens is 204 g/mol. The van der Waals surface area contributed by atoms with Crippen LogP contribution in [0.4, 0.5) is 0 Å². The Hall–Kier alpha value is -0.760. The van der Waals surface area contributed by atoms with Crippen molar-refractivity contribution >= 4 is 17.5 Å². The molecule has 1 fully saturated rings. The summed E-state index contributed by atoms with van der Waals surface area (Å²) in [6.45, 7) is 0. The second-order valence-electron chi connectivity index (χ2n) is 3.99. The van der Waals surface area contributed by atoms with Gasteiger partial charge in [-0.2, -0.15) is 0 Å². The molecule has 0 radical (unpaired) electrons. The van der Waals surface area contributed by atoms with Gasteiger partial charge in [0.05, 0.1) is 5.25 Å². The average Bonchev–Trinajstić information content (AvgIpc) is 2.46. The maximum atomic E-state index is 11.8. The van der Waals surface area contributed by atoms with Crippen LogP contribution < -0.4 is 0 Å². The molecule has 15 heavy (non-hydrogen) atoms. The van der Waals surface area contributed by atoms with Crippen molar-refractivity contribution in [2.24, 2.45) is 0 Å². The number of Topliss-reactive ketones (excluding diaryl/α,β-unsaturated/α-hetero) is 1. The van der Waals surface area contributed by atoms with Crippen molar-refractivity contribution in [1.82, 2.24) is 0 Å². The van der Waals surface area contributed by atoms with Crippen LogP contribution in [0.5, 0.6) is 0 Å². The number of ketones is 1. The molecule has 1 atom stereocenters. The van der Waals surface area contributed by atoms with Crippen molar-refractivity contribution in [2.45, 2.75) is 42.2 Å². The van der Waals surface area contributed by atoms with Crippen LogP contribution in [-0.2, 0) is 4.79 Å². The molecule has 1 saturated carbocycles. The zero-order chi connectivity index (χ0) is 10.5. The highest BCUT2D eigenvalue weighted by Crippen LogP contribution is 2.30. The predicted octanol–water partition coefficient (Wildman–Crippen LogP) is 3.68. The monoisotopic (exact) mass is 220 g/mol. The number of thioether (sulfide) groups is 1. The Labute approximate surface area is 95.3 Å². The molecule has 2 heteroatoms. The van der Waals surface area contributed by atoms with Gasteiger partial charge in [0.1, 0.15) is 5.78 Å². The van der Waals surface area contributed by atoms with Gasteiger partial charge in [0, 0.05) is 11.3 Å². The Morgan fingerprint density at radius 3 is 2.67 bits per heavy atom. The molecule has 0 amide bonds. The topological polar surface area (TPSA) is 17.1 Å². The summed E-state index contributed by atoms with van der Waals surface area (Å²) < 4.78 is 0. The van der Waals surface area contributed by atoms with E-state index in [1.165, 1.54) is 17.7 Å². The first-order chi connectivity index (χ1) is 7.36. The first-order valence-electron chi connectivity index (χ1n) is 5.61. The van der Waals surface area contributed by atoms with Crippen LogP contribution in [0, 0.1) is 0 Å². The minimum absolute atomic E-state index is 0.204. The molecule has 80 valence electrons. The van der Waals surface area contributed by atoms with E-state index in [2.05, 4.69) is 12.1 Å². The van der Waals surface area contributed by atoms with Gasteiger partial charge in [0.25, 0.3) is 0 Å². The third-order valence-corrected chi connectivity index (χ3v) is 4.10. The molecule has 0 unspecified atom stereocenters. The highest BCUT2D eigenvalue weighted by atomic mass is 32.2. The smallest absolute Gasteiger partial charge is 0.146 e. The van der Waals surface area contributed by atoms with E-state index in [1.807, 2.05) is 18.2 Å². The lowest BCUT2D eigenvalue weighted by atomic mass is 10.2. The number of hydrogen-bond acceptors (Lipinski definition) is 2. The first kappa shape index (κ1) is 10.7. The van der Waals surface area contributed by atoms with E-state index in [9.17, 15) is 4.79 Å². The van der Waals surface area contributed by atoms with Crippen molar-refractivity contribution in [3.8, 4) is 0 Å². The van der Waals surface area contributed by atoms with E-state index in [0.717, 1.165) is 19.3 Å². The van der Waals surface area contributed by atoms with Crippen LogP contribution in [0.25, 0.3) is 0 Å². The minimum Gasteiger partial charge on any atom is -0.298 e. The Kier molecular flexibility index (Phi) is 3.84. The Bertz CT molecular complexity index is 321. The second-order valence-corrected chi connectivity index (χ2v) is 5.26. The van der Waals surface area contributed by atoms with Crippen molar-refractivity contribution in [2.75, 3.05) is 0 Å². The molecule has 0 bridgehead atoms. The Morgan fingerprint density at radius 2 is 1.87 bits per heavy atom. The van der Waals surface area contributed by atoms with Crippen molar-refractivity contribution in [1.29, 1.82) is 0 Å². The molecule has 1 aromatic carbocycles. The van der Waals surface area contributed by atoms with Gasteiger partial charge in [-0.25, -0.2) is 0 Å². The molecule has 2 rings (SSSR count). The summed E-state index contributed by atoms with van der Waals surface area (Å²) in [7, 11) is 0. The predicted molar refractivity (Wildman–Crippen MR) is 64.2 cm³/mol. The third-order valence-electron chi connectivity index (χ3n) is 2.77. The van der Waals surface area contributed by atoms with E-state index >= 15 is 0 Å². The number of rotatable bonds is 2. The molecule has 0 aromatic heterocycles. The molecule has 0 saturated heterocycles. The summed E-state index contributed by atoms with van der Waals surface area (Å²) in [4.78, 5) is 13.0. The van der Waals surface area contributed by atoms with Gasteiger partial charge in [-0.1, -0.05) is 31.0 Å². The van der Waals surface area contributed by atoms with Gasteiger partial charge in [0.2, 0.25) is 0 Å². The number of benzene rings is 1. The van der Waals surface area contributed by atoms with Crippen LogP contribution in [0.2, 0.25) is 0 Å². The van der Waals surface area contributed by atoms with Crippen LogP contribution in [0.3, 0.4) is 0 Å². The summed E-state index contributed by atoms with van der Waals surface area (Å²) >= 11 is 1.74.